The Balaban J connectivity index is 0.928. The van der Waals surface area contributed by atoms with E-state index in [0.717, 1.165) is 76.3 Å². The van der Waals surface area contributed by atoms with Crippen molar-refractivity contribution in [2.75, 3.05) is 9.62 Å². The molecule has 13 rings (SSSR count). The Labute approximate surface area is 410 Å². The van der Waals surface area contributed by atoms with Crippen LogP contribution in [-0.4, -0.2) is 21.1 Å². The monoisotopic (exact) mass is 1050 g/mol. The molecule has 2 aliphatic rings. The number of ether oxygens (including phenoxy) is 1. The number of aromatic nitrogens is 3. The van der Waals surface area contributed by atoms with Crippen molar-refractivity contribution in [3.8, 4) is 67.5 Å². The molecule has 11 aromatic rings. The van der Waals surface area contributed by atoms with Crippen molar-refractivity contribution in [3.63, 3.8) is 0 Å². The summed E-state index contributed by atoms with van der Waals surface area (Å²) in [7, 11) is 0. The summed E-state index contributed by atoms with van der Waals surface area (Å²) in [6.07, 6.45) is 0. The third-order valence-corrected chi connectivity index (χ3v) is 13.8. The van der Waals surface area contributed by atoms with Gasteiger partial charge in [0.25, 0.3) is 0 Å². The zero-order valence-electron chi connectivity index (χ0n) is 39.2. The maximum atomic E-state index is 9.34. The number of hydrogen-bond donors (Lipinski definition) is 0. The van der Waals surface area contributed by atoms with Gasteiger partial charge in [0, 0.05) is 11.3 Å². The standard InChI is InChI=1S/C60H38BN5O.Pt/c1-3-18-42(19-4-1)43-36-38-45(39-37-43)49-27-16-26-48(44-20-5-2-6-21-44)60(49)64-41-63(54-30-11-12-31-55(54)64)46-22-15-23-47(40-46)67-59-35-17-34-58(62-59)66-57-33-14-13-32-56(57)65-53-29-10-8-25-51(53)50-24-7-9-28-52(50)61(65)66;/h1-32,34-39H;/q-2;/i17D,34D,35D;. The van der Waals surface area contributed by atoms with Gasteiger partial charge in [-0.3, -0.25) is 0 Å². The van der Waals surface area contributed by atoms with Crippen LogP contribution in [0, 0.1) is 15.9 Å². The number of rotatable bonds is 8. The number of fused-ring (bicyclic) bond motifs is 9. The van der Waals surface area contributed by atoms with E-state index in [1.165, 1.54) is 5.56 Å². The summed E-state index contributed by atoms with van der Waals surface area (Å²) in [6.45, 7) is -0.442. The third kappa shape index (κ3) is 6.61. The number of hydrogen-bond acceptors (Lipinski definition) is 4. The number of para-hydroxylation sites is 5. The van der Waals surface area contributed by atoms with Crippen molar-refractivity contribution >= 4 is 46.4 Å². The van der Waals surface area contributed by atoms with Gasteiger partial charge < -0.3 is 0 Å². The molecule has 0 saturated carbocycles. The van der Waals surface area contributed by atoms with E-state index in [0.29, 0.717) is 17.1 Å². The number of benzene rings is 9. The summed E-state index contributed by atoms with van der Waals surface area (Å²) >= 11 is 2.42. The van der Waals surface area contributed by atoms with Crippen LogP contribution in [0.3, 0.4) is 0 Å². The first kappa shape index (κ1) is 36.9. The summed E-state index contributed by atoms with van der Waals surface area (Å²) in [5.41, 5.74) is 16.2. The molecule has 0 N–H and O–H groups in total. The molecular formula is C60H38BN5OPt-2. The predicted octanol–water partition coefficient (Wildman–Crippen LogP) is 14.0. The van der Waals surface area contributed by atoms with Gasteiger partial charge in [-0.1, -0.05) is 42.5 Å². The van der Waals surface area contributed by atoms with E-state index in [4.69, 9.17) is 12.5 Å². The number of nitrogens with zero attached hydrogens (tertiary/aromatic N) is 5. The maximum absolute atomic E-state index is 9.34. The SMILES string of the molecule is [2H]c1c(Oc2[c-]c(-n3[c](=[Pt])n(-c4c(-c5ccccc5)cccc4-c4ccc(-c5ccccc5)cc4)c4ccccc43)ccc2)nc(N2B3c4ccccc4-c4ccccc4N3c3ccc[c-]c32)c([2H])c1[2H]. The van der Waals surface area contributed by atoms with E-state index in [9.17, 15) is 1.37 Å². The zero-order valence-corrected chi connectivity index (χ0v) is 38.5. The van der Waals surface area contributed by atoms with E-state index in [-0.39, 0.29) is 29.8 Å². The van der Waals surface area contributed by atoms with Crippen molar-refractivity contribution in [1.82, 2.24) is 14.1 Å². The van der Waals surface area contributed by atoms with Crippen molar-refractivity contribution < 1.29 is 28.2 Å². The molecule has 0 fully saturated rings. The van der Waals surface area contributed by atoms with Crippen molar-refractivity contribution in [2.45, 2.75) is 0 Å². The molecule has 0 radical (unpaired) electrons. The predicted molar refractivity (Wildman–Crippen MR) is 272 cm³/mol. The zero-order chi connectivity index (χ0) is 47.7. The van der Waals surface area contributed by atoms with E-state index in [1.54, 1.807) is 6.07 Å². The average molecular weight is 1050 g/mol. The average Bonchev–Trinajstić information content (AvgIpc) is 3.93. The van der Waals surface area contributed by atoms with Crippen LogP contribution in [0.5, 0.6) is 11.6 Å². The summed E-state index contributed by atoms with van der Waals surface area (Å²) in [4.78, 5) is 9.18. The topological polar surface area (TPSA) is 38.5 Å². The molecule has 8 heteroatoms. The fourth-order valence-corrected chi connectivity index (χ4v) is 11.0. The molecule has 0 saturated heterocycles. The fourth-order valence-electron chi connectivity index (χ4n) is 9.90. The van der Waals surface area contributed by atoms with E-state index < -0.39 is 6.98 Å². The molecule has 2 aromatic heterocycles. The molecule has 0 amide bonds. The van der Waals surface area contributed by atoms with Gasteiger partial charge in [-0.2, -0.15) is 12.1 Å². The quantitative estimate of drug-likeness (QED) is 0.112. The van der Waals surface area contributed by atoms with Crippen molar-refractivity contribution in [2.24, 2.45) is 0 Å². The van der Waals surface area contributed by atoms with Crippen LogP contribution in [0.2, 0.25) is 0 Å². The second kappa shape index (κ2) is 16.6. The van der Waals surface area contributed by atoms with Crippen LogP contribution >= 0.6 is 0 Å². The minimum atomic E-state index is -0.442. The Morgan fingerprint density at radius 2 is 1.12 bits per heavy atom. The van der Waals surface area contributed by atoms with Gasteiger partial charge in [-0.15, -0.1) is 6.07 Å². The van der Waals surface area contributed by atoms with Crippen molar-refractivity contribution in [3.05, 3.63) is 246 Å². The Kier molecular flexibility index (Phi) is 8.99. The van der Waals surface area contributed by atoms with E-state index in [2.05, 4.69) is 179 Å². The summed E-state index contributed by atoms with van der Waals surface area (Å²) in [5.74, 6) is 0.400. The summed E-state index contributed by atoms with van der Waals surface area (Å²) < 4.78 is 39.6. The second-order valence-electron chi connectivity index (χ2n) is 16.7. The van der Waals surface area contributed by atoms with Gasteiger partial charge in [0.1, 0.15) is 0 Å². The van der Waals surface area contributed by atoms with Crippen LogP contribution in [0.4, 0.5) is 22.9 Å². The van der Waals surface area contributed by atoms with E-state index >= 15 is 0 Å². The first-order chi connectivity index (χ1) is 34.9. The normalized spacial score (nSPS) is 13.0. The Hall–Kier alpha value is -8.25. The first-order valence-electron chi connectivity index (χ1n) is 23.9. The van der Waals surface area contributed by atoms with E-state index in [1.807, 2.05) is 77.6 Å². The molecule has 0 aliphatic carbocycles. The Bertz CT molecular complexity index is 3960. The number of anilines is 4. The number of imidazole rings is 1. The van der Waals surface area contributed by atoms with Gasteiger partial charge in [-0.25, -0.2) is 0 Å². The molecule has 0 unspecified atom stereocenters. The summed E-state index contributed by atoms with van der Waals surface area (Å²) in [5, 5.41) is 0. The van der Waals surface area contributed by atoms with Crippen LogP contribution < -0.4 is 19.8 Å². The van der Waals surface area contributed by atoms with Gasteiger partial charge >= 0.3 is 329 Å². The molecule has 324 valence electrons. The molecule has 0 bridgehead atoms. The van der Waals surface area contributed by atoms with Crippen LogP contribution in [-0.2, 0) is 19.4 Å². The molecule has 2 aliphatic heterocycles. The Morgan fingerprint density at radius 1 is 0.515 bits per heavy atom. The summed E-state index contributed by atoms with van der Waals surface area (Å²) in [6, 6.07) is 78.9. The van der Waals surface area contributed by atoms with Gasteiger partial charge in [0.05, 0.1) is 0 Å². The molecular weight excluding hydrogens is 1010 g/mol. The first-order valence-corrected chi connectivity index (χ1v) is 23.5. The van der Waals surface area contributed by atoms with Crippen molar-refractivity contribution in [1.29, 1.82) is 0 Å². The van der Waals surface area contributed by atoms with Gasteiger partial charge in [0.15, 0.2) is 0 Å². The van der Waals surface area contributed by atoms with Gasteiger partial charge in [-0.05, 0) is 11.6 Å². The molecule has 0 atom stereocenters. The van der Waals surface area contributed by atoms with Crippen LogP contribution in [0.1, 0.15) is 4.11 Å². The van der Waals surface area contributed by atoms with Crippen LogP contribution in [0.25, 0.3) is 66.9 Å². The second-order valence-corrected chi connectivity index (χ2v) is 17.7. The molecule has 0 spiro atoms. The molecule has 9 aromatic carbocycles. The number of pyridine rings is 1. The molecule has 4 heterocycles. The minimum absolute atomic E-state index is 0.100. The fraction of sp³-hybridized carbons (Fsp3) is 0. The Morgan fingerprint density at radius 3 is 1.91 bits per heavy atom. The molecule has 6 nitrogen and oxygen atoms in total. The van der Waals surface area contributed by atoms with Gasteiger partial charge in [0.2, 0.25) is 0 Å². The van der Waals surface area contributed by atoms with Crippen LogP contribution in [0.15, 0.2) is 230 Å². The third-order valence-electron chi connectivity index (χ3n) is 12.8. The molecule has 68 heavy (non-hydrogen) atoms.